The summed E-state index contributed by atoms with van der Waals surface area (Å²) in [6.45, 7) is 7.99. The van der Waals surface area contributed by atoms with E-state index in [9.17, 15) is 9.59 Å². The van der Waals surface area contributed by atoms with Gasteiger partial charge in [0.15, 0.2) is 0 Å². The van der Waals surface area contributed by atoms with Crippen LogP contribution in [-0.4, -0.2) is 67.6 Å². The van der Waals surface area contributed by atoms with Crippen LogP contribution >= 0.6 is 0 Å². The number of nitrogens with one attached hydrogen (secondary N) is 1. The number of morpholine rings is 1. The van der Waals surface area contributed by atoms with Crippen molar-refractivity contribution in [2.24, 2.45) is 5.92 Å². The maximum Gasteiger partial charge on any atom is 0.243 e. The summed E-state index contributed by atoms with van der Waals surface area (Å²) in [5.74, 6) is 0.987. The van der Waals surface area contributed by atoms with Gasteiger partial charge in [-0.2, -0.15) is 0 Å². The molecule has 7 nitrogen and oxygen atoms in total. The molecule has 2 aliphatic rings. The van der Waals surface area contributed by atoms with Gasteiger partial charge >= 0.3 is 0 Å². The van der Waals surface area contributed by atoms with Gasteiger partial charge in [0.1, 0.15) is 11.8 Å². The predicted molar refractivity (Wildman–Crippen MR) is 135 cm³/mol. The van der Waals surface area contributed by atoms with E-state index in [1.807, 2.05) is 38.1 Å². The van der Waals surface area contributed by atoms with Gasteiger partial charge in [0.05, 0.1) is 26.4 Å². The molecule has 2 unspecified atom stereocenters. The van der Waals surface area contributed by atoms with E-state index in [0.29, 0.717) is 39.1 Å². The average Bonchev–Trinajstić information content (AvgIpc) is 2.88. The normalized spacial score (nSPS) is 19.2. The number of hydrogen-bond donors (Lipinski definition) is 1. The Kier molecular flexibility index (Phi) is 8.42. The molecule has 1 saturated heterocycles. The first-order valence-electron chi connectivity index (χ1n) is 12.6. The van der Waals surface area contributed by atoms with E-state index in [-0.39, 0.29) is 23.8 Å². The van der Waals surface area contributed by atoms with Crippen LogP contribution in [0.3, 0.4) is 0 Å². The SMILES string of the molecule is COc1ccc(C(CNC(=O)C2Cc3ccccc3CN2C(=O)CC(C)C)N2CCOCC2)cc1. The van der Waals surface area contributed by atoms with Crippen molar-refractivity contribution in [3.8, 4) is 5.75 Å². The molecule has 0 saturated carbocycles. The molecule has 35 heavy (non-hydrogen) atoms. The van der Waals surface area contributed by atoms with Crippen LogP contribution in [0, 0.1) is 5.92 Å². The van der Waals surface area contributed by atoms with E-state index < -0.39 is 6.04 Å². The minimum atomic E-state index is -0.502. The number of amides is 2. The van der Waals surface area contributed by atoms with Gasteiger partial charge < -0.3 is 19.7 Å². The van der Waals surface area contributed by atoms with Crippen LogP contribution < -0.4 is 10.1 Å². The van der Waals surface area contributed by atoms with Crippen molar-refractivity contribution in [2.75, 3.05) is 40.0 Å². The number of benzene rings is 2. The molecule has 1 N–H and O–H groups in total. The fourth-order valence-electron chi connectivity index (χ4n) is 4.97. The molecule has 0 spiro atoms. The summed E-state index contributed by atoms with van der Waals surface area (Å²) in [4.78, 5) is 30.8. The maximum absolute atomic E-state index is 13.6. The van der Waals surface area contributed by atoms with Crippen molar-refractivity contribution < 1.29 is 19.1 Å². The van der Waals surface area contributed by atoms with Gasteiger partial charge in [-0.3, -0.25) is 14.5 Å². The molecule has 188 valence electrons. The van der Waals surface area contributed by atoms with Crippen molar-refractivity contribution in [3.63, 3.8) is 0 Å². The van der Waals surface area contributed by atoms with Gasteiger partial charge in [-0.15, -0.1) is 0 Å². The third-order valence-corrected chi connectivity index (χ3v) is 6.91. The number of carbonyl (C=O) groups is 2. The molecule has 7 heteroatoms. The molecular formula is C28H37N3O4. The lowest BCUT2D eigenvalue weighted by Crippen LogP contribution is -2.54. The standard InChI is InChI=1S/C28H37N3O4/c1-20(2)16-27(32)31-19-23-7-5-4-6-22(23)17-25(31)28(33)29-18-26(30-12-14-35-15-13-30)21-8-10-24(34-3)11-9-21/h4-11,20,25-26H,12-19H2,1-3H3,(H,29,33). The molecule has 2 aromatic carbocycles. The number of hydrogen-bond acceptors (Lipinski definition) is 5. The fraction of sp³-hybridized carbons (Fsp3) is 0.500. The van der Waals surface area contributed by atoms with Crippen molar-refractivity contribution in [1.29, 1.82) is 0 Å². The number of rotatable bonds is 8. The Labute approximate surface area is 208 Å². The summed E-state index contributed by atoms with van der Waals surface area (Å²) in [5.41, 5.74) is 3.38. The van der Waals surface area contributed by atoms with E-state index in [1.54, 1.807) is 12.0 Å². The average molecular weight is 480 g/mol. The quantitative estimate of drug-likeness (QED) is 0.630. The van der Waals surface area contributed by atoms with Crippen molar-refractivity contribution in [1.82, 2.24) is 15.1 Å². The molecule has 2 aliphatic heterocycles. The van der Waals surface area contributed by atoms with E-state index in [1.165, 1.54) is 0 Å². The van der Waals surface area contributed by atoms with Crippen LogP contribution in [-0.2, 0) is 27.3 Å². The number of carbonyl (C=O) groups excluding carboxylic acids is 2. The second-order valence-electron chi connectivity index (χ2n) is 9.79. The van der Waals surface area contributed by atoms with Gasteiger partial charge in [0.25, 0.3) is 0 Å². The summed E-state index contributed by atoms with van der Waals surface area (Å²) < 4.78 is 10.9. The Balaban J connectivity index is 1.52. The fourth-order valence-corrected chi connectivity index (χ4v) is 4.97. The van der Waals surface area contributed by atoms with E-state index in [2.05, 4.69) is 34.5 Å². The highest BCUT2D eigenvalue weighted by atomic mass is 16.5. The van der Waals surface area contributed by atoms with E-state index in [4.69, 9.17) is 9.47 Å². The molecule has 4 rings (SSSR count). The Bertz CT molecular complexity index is 1000. The zero-order valence-corrected chi connectivity index (χ0v) is 21.0. The minimum absolute atomic E-state index is 0.0180. The lowest BCUT2D eigenvalue weighted by Gasteiger charge is -2.38. The summed E-state index contributed by atoms with van der Waals surface area (Å²) in [6, 6.07) is 15.6. The van der Waals surface area contributed by atoms with Gasteiger partial charge in [-0.25, -0.2) is 0 Å². The summed E-state index contributed by atoms with van der Waals surface area (Å²) in [7, 11) is 1.66. The van der Waals surface area contributed by atoms with Crippen LogP contribution in [0.2, 0.25) is 0 Å². The molecule has 1 fully saturated rings. The molecule has 2 amide bonds. The largest absolute Gasteiger partial charge is 0.497 e. The highest BCUT2D eigenvalue weighted by molar-refractivity contribution is 5.88. The Morgan fingerprint density at radius 1 is 1.06 bits per heavy atom. The highest BCUT2D eigenvalue weighted by Crippen LogP contribution is 2.27. The van der Waals surface area contributed by atoms with Crippen LogP contribution in [0.25, 0.3) is 0 Å². The number of ether oxygens (including phenoxy) is 2. The first-order valence-corrected chi connectivity index (χ1v) is 12.6. The molecule has 2 aromatic rings. The lowest BCUT2D eigenvalue weighted by atomic mass is 9.92. The van der Waals surface area contributed by atoms with Crippen LogP contribution in [0.4, 0.5) is 0 Å². The molecule has 0 aliphatic carbocycles. The third-order valence-electron chi connectivity index (χ3n) is 6.91. The van der Waals surface area contributed by atoms with Crippen LogP contribution in [0.1, 0.15) is 43.0 Å². The topological polar surface area (TPSA) is 71.1 Å². The molecule has 2 heterocycles. The Morgan fingerprint density at radius 3 is 2.40 bits per heavy atom. The predicted octanol–water partition coefficient (Wildman–Crippen LogP) is 3.18. The highest BCUT2D eigenvalue weighted by Gasteiger charge is 2.35. The molecule has 2 atom stereocenters. The Hall–Kier alpha value is -2.90. The number of nitrogens with zero attached hydrogens (tertiary/aromatic N) is 2. The van der Waals surface area contributed by atoms with Crippen molar-refractivity contribution in [3.05, 3.63) is 65.2 Å². The smallest absolute Gasteiger partial charge is 0.243 e. The van der Waals surface area contributed by atoms with Crippen molar-refractivity contribution >= 4 is 11.8 Å². The monoisotopic (exact) mass is 479 g/mol. The maximum atomic E-state index is 13.6. The summed E-state index contributed by atoms with van der Waals surface area (Å²) >= 11 is 0. The van der Waals surface area contributed by atoms with Gasteiger partial charge in [-0.1, -0.05) is 50.2 Å². The van der Waals surface area contributed by atoms with Crippen LogP contribution in [0.15, 0.2) is 48.5 Å². The van der Waals surface area contributed by atoms with Gasteiger partial charge in [0.2, 0.25) is 11.8 Å². The summed E-state index contributed by atoms with van der Waals surface area (Å²) in [5, 5.41) is 3.20. The van der Waals surface area contributed by atoms with Gasteiger partial charge in [-0.05, 0) is 34.7 Å². The minimum Gasteiger partial charge on any atom is -0.497 e. The molecule has 0 bridgehead atoms. The molecule has 0 aromatic heterocycles. The zero-order chi connectivity index (χ0) is 24.8. The molecular weight excluding hydrogens is 442 g/mol. The Morgan fingerprint density at radius 2 is 1.74 bits per heavy atom. The van der Waals surface area contributed by atoms with E-state index in [0.717, 1.165) is 35.5 Å². The first-order chi connectivity index (χ1) is 17.0. The summed E-state index contributed by atoms with van der Waals surface area (Å²) in [6.07, 6.45) is 0.977. The second kappa shape index (κ2) is 11.7. The van der Waals surface area contributed by atoms with Crippen LogP contribution in [0.5, 0.6) is 5.75 Å². The zero-order valence-electron chi connectivity index (χ0n) is 21.0. The number of methoxy groups -OCH3 is 1. The lowest BCUT2D eigenvalue weighted by molar-refractivity contribution is -0.142. The van der Waals surface area contributed by atoms with E-state index >= 15 is 0 Å². The first kappa shape index (κ1) is 25.2. The number of fused-ring (bicyclic) bond motifs is 1. The van der Waals surface area contributed by atoms with Crippen molar-refractivity contribution in [2.45, 2.75) is 45.3 Å². The second-order valence-corrected chi connectivity index (χ2v) is 9.79. The molecule has 0 radical (unpaired) electrons. The third kappa shape index (κ3) is 6.21. The van der Waals surface area contributed by atoms with Gasteiger partial charge in [0, 0.05) is 39.0 Å².